The number of carbonyl (C=O) groups is 1. The van der Waals surface area contributed by atoms with E-state index in [9.17, 15) is 4.79 Å². The molecular weight excluding hydrogens is 300 g/mol. The van der Waals surface area contributed by atoms with Crippen molar-refractivity contribution in [3.05, 3.63) is 13.6 Å². The van der Waals surface area contributed by atoms with Crippen LogP contribution in [-0.4, -0.2) is 17.5 Å². The van der Waals surface area contributed by atoms with Crippen LogP contribution in [0.1, 0.15) is 10.5 Å². The molecule has 0 amide bonds. The maximum Gasteiger partial charge on any atom is 0.358 e. The van der Waals surface area contributed by atoms with Gasteiger partial charge >= 0.3 is 5.97 Å². The van der Waals surface area contributed by atoms with Crippen molar-refractivity contribution in [2.24, 2.45) is 0 Å². The fraction of sp³-hybridized carbons (Fsp3) is 0.200. The Morgan fingerprint density at radius 1 is 1.82 bits per heavy atom. The normalized spacial score (nSPS) is 9.73. The van der Waals surface area contributed by atoms with Gasteiger partial charge in [0.25, 0.3) is 0 Å². The van der Waals surface area contributed by atoms with E-state index >= 15 is 0 Å². The third kappa shape index (κ3) is 1.83. The topological polar surface area (TPSA) is 39.2 Å². The molecule has 0 aromatic carbocycles. The lowest BCUT2D eigenvalue weighted by atomic mass is 10.4. The Balaban J connectivity index is 3.04. The molecule has 1 aromatic rings. The van der Waals surface area contributed by atoms with Crippen LogP contribution in [0, 0.1) is 3.57 Å². The number of halogens is 2. The molecule has 0 aliphatic carbocycles. The van der Waals surface area contributed by atoms with E-state index in [0.717, 1.165) is 11.5 Å². The molecular formula is C5H3ClINO2S. The molecule has 0 saturated heterocycles. The predicted octanol–water partition coefficient (Wildman–Crippen LogP) is 2.19. The van der Waals surface area contributed by atoms with Gasteiger partial charge < -0.3 is 4.74 Å². The third-order valence-electron chi connectivity index (χ3n) is 0.976. The molecule has 0 spiro atoms. The van der Waals surface area contributed by atoms with Gasteiger partial charge in [-0.05, 0) is 34.1 Å². The molecule has 0 radical (unpaired) electrons. The minimum Gasteiger partial charge on any atom is -0.464 e. The van der Waals surface area contributed by atoms with Crippen LogP contribution in [-0.2, 0) is 4.74 Å². The number of hydrogen-bond acceptors (Lipinski definition) is 4. The molecule has 1 heterocycles. The second-order valence-electron chi connectivity index (χ2n) is 1.61. The molecule has 3 nitrogen and oxygen atoms in total. The van der Waals surface area contributed by atoms with Crippen LogP contribution in [0.3, 0.4) is 0 Å². The summed E-state index contributed by atoms with van der Waals surface area (Å²) in [6.45, 7) is 0. The largest absolute Gasteiger partial charge is 0.464 e. The highest BCUT2D eigenvalue weighted by molar-refractivity contribution is 14.1. The first-order valence-corrected chi connectivity index (χ1v) is 4.78. The Labute approximate surface area is 86.0 Å². The van der Waals surface area contributed by atoms with Gasteiger partial charge in [-0.3, -0.25) is 0 Å². The molecule has 0 aliphatic rings. The summed E-state index contributed by atoms with van der Waals surface area (Å²) in [4.78, 5) is 10.9. The van der Waals surface area contributed by atoms with E-state index in [-0.39, 0.29) is 0 Å². The SMILES string of the molecule is COC(=O)c1nsc(Cl)c1I. The van der Waals surface area contributed by atoms with Crippen LogP contribution in [0.2, 0.25) is 4.34 Å². The summed E-state index contributed by atoms with van der Waals surface area (Å²) in [7, 11) is 1.31. The zero-order chi connectivity index (χ0) is 8.43. The van der Waals surface area contributed by atoms with E-state index in [4.69, 9.17) is 11.6 Å². The van der Waals surface area contributed by atoms with Gasteiger partial charge in [0, 0.05) is 0 Å². The smallest absolute Gasteiger partial charge is 0.358 e. The van der Waals surface area contributed by atoms with Gasteiger partial charge in [-0.2, -0.15) is 4.37 Å². The monoisotopic (exact) mass is 303 g/mol. The highest BCUT2D eigenvalue weighted by Gasteiger charge is 2.16. The van der Waals surface area contributed by atoms with Gasteiger partial charge in [0.2, 0.25) is 0 Å². The summed E-state index contributed by atoms with van der Waals surface area (Å²) in [5.41, 5.74) is 0.295. The molecule has 6 heteroatoms. The fourth-order valence-electron chi connectivity index (χ4n) is 0.483. The summed E-state index contributed by atoms with van der Waals surface area (Å²) >= 11 is 8.71. The minimum absolute atomic E-state index is 0.295. The van der Waals surface area contributed by atoms with Crippen molar-refractivity contribution in [3.8, 4) is 0 Å². The van der Waals surface area contributed by atoms with E-state index < -0.39 is 5.97 Å². The molecule has 60 valence electrons. The number of nitrogens with zero attached hydrogens (tertiary/aromatic N) is 1. The number of aromatic nitrogens is 1. The average Bonchev–Trinajstić information content (AvgIpc) is 2.32. The zero-order valence-electron chi connectivity index (χ0n) is 5.43. The van der Waals surface area contributed by atoms with Crippen molar-refractivity contribution in [2.45, 2.75) is 0 Å². The molecule has 0 unspecified atom stereocenters. The van der Waals surface area contributed by atoms with Gasteiger partial charge in [-0.1, -0.05) is 11.6 Å². The molecule has 0 fully saturated rings. The Hall–Kier alpha value is 0.120. The molecule has 1 aromatic heterocycles. The lowest BCUT2D eigenvalue weighted by Crippen LogP contribution is -2.02. The second kappa shape index (κ2) is 3.68. The number of rotatable bonds is 1. The Morgan fingerprint density at radius 2 is 2.45 bits per heavy atom. The molecule has 1 rings (SSSR count). The quantitative estimate of drug-likeness (QED) is 0.590. The Morgan fingerprint density at radius 3 is 2.82 bits per heavy atom. The fourth-order valence-corrected chi connectivity index (χ4v) is 1.99. The molecule has 0 aliphatic heterocycles. The van der Waals surface area contributed by atoms with E-state index in [0.29, 0.717) is 13.6 Å². The highest BCUT2D eigenvalue weighted by atomic mass is 127. The average molecular weight is 304 g/mol. The maximum atomic E-state index is 10.9. The van der Waals surface area contributed by atoms with Gasteiger partial charge in [0.1, 0.15) is 4.34 Å². The first-order valence-electron chi connectivity index (χ1n) is 2.55. The minimum atomic E-state index is -0.447. The summed E-state index contributed by atoms with van der Waals surface area (Å²) in [6, 6.07) is 0. The van der Waals surface area contributed by atoms with Gasteiger partial charge in [0.05, 0.1) is 10.7 Å². The third-order valence-corrected chi connectivity index (χ3v) is 3.75. The van der Waals surface area contributed by atoms with Crippen LogP contribution in [0.5, 0.6) is 0 Å². The summed E-state index contributed by atoms with van der Waals surface area (Å²) in [5.74, 6) is -0.447. The number of ether oxygens (including phenoxy) is 1. The first-order chi connectivity index (χ1) is 5.16. The standard InChI is InChI=1S/C5H3ClINO2S/c1-10-5(9)3-2(7)4(6)11-8-3/h1H3. The summed E-state index contributed by atoms with van der Waals surface area (Å²) in [5, 5.41) is 0. The molecule has 0 saturated carbocycles. The Kier molecular flexibility index (Phi) is 3.08. The van der Waals surface area contributed by atoms with Crippen molar-refractivity contribution in [3.63, 3.8) is 0 Å². The lowest BCUT2D eigenvalue weighted by molar-refractivity contribution is 0.0594. The maximum absolute atomic E-state index is 10.9. The van der Waals surface area contributed by atoms with E-state index in [1.807, 2.05) is 22.6 Å². The van der Waals surface area contributed by atoms with Gasteiger partial charge in [-0.25, -0.2) is 4.79 Å². The van der Waals surface area contributed by atoms with E-state index in [1.165, 1.54) is 7.11 Å². The second-order valence-corrected chi connectivity index (χ2v) is 4.06. The van der Waals surface area contributed by atoms with Crippen molar-refractivity contribution >= 4 is 51.7 Å². The Bertz CT molecular complexity index is 288. The summed E-state index contributed by atoms with van der Waals surface area (Å²) in [6.07, 6.45) is 0. The number of carbonyl (C=O) groups excluding carboxylic acids is 1. The van der Waals surface area contributed by atoms with Crippen molar-refractivity contribution in [2.75, 3.05) is 7.11 Å². The molecule has 11 heavy (non-hydrogen) atoms. The number of esters is 1. The zero-order valence-corrected chi connectivity index (χ0v) is 9.16. The molecule has 0 atom stereocenters. The van der Waals surface area contributed by atoms with Crippen LogP contribution >= 0.6 is 45.7 Å². The molecule has 0 N–H and O–H groups in total. The van der Waals surface area contributed by atoms with Crippen molar-refractivity contribution in [1.29, 1.82) is 0 Å². The van der Waals surface area contributed by atoms with Crippen LogP contribution < -0.4 is 0 Å². The predicted molar refractivity (Wildman–Crippen MR) is 51.2 cm³/mol. The van der Waals surface area contributed by atoms with E-state index in [1.54, 1.807) is 0 Å². The van der Waals surface area contributed by atoms with E-state index in [2.05, 4.69) is 9.11 Å². The van der Waals surface area contributed by atoms with Gasteiger partial charge in [0.15, 0.2) is 5.69 Å². The lowest BCUT2D eigenvalue weighted by Gasteiger charge is -1.92. The van der Waals surface area contributed by atoms with Crippen molar-refractivity contribution in [1.82, 2.24) is 4.37 Å². The number of methoxy groups -OCH3 is 1. The van der Waals surface area contributed by atoms with Crippen molar-refractivity contribution < 1.29 is 9.53 Å². The first kappa shape index (κ1) is 9.21. The summed E-state index contributed by atoms with van der Waals surface area (Å²) < 4.78 is 9.46. The van der Waals surface area contributed by atoms with Crippen LogP contribution in [0.4, 0.5) is 0 Å². The highest BCUT2D eigenvalue weighted by Crippen LogP contribution is 2.26. The van der Waals surface area contributed by atoms with Gasteiger partial charge in [-0.15, -0.1) is 0 Å². The van der Waals surface area contributed by atoms with Crippen LogP contribution in [0.25, 0.3) is 0 Å². The molecule has 0 bridgehead atoms. The number of hydrogen-bond donors (Lipinski definition) is 0. The van der Waals surface area contributed by atoms with Crippen LogP contribution in [0.15, 0.2) is 0 Å².